The molecule has 7 heteroatoms. The van der Waals surface area contributed by atoms with E-state index in [4.69, 9.17) is 4.74 Å². The molecule has 106 valence electrons. The minimum atomic E-state index is -0.621. The number of pyridine rings is 1. The van der Waals surface area contributed by atoms with Crippen LogP contribution in [0.15, 0.2) is 17.1 Å². The number of nitrogens with one attached hydrogen (secondary N) is 1. The highest BCUT2D eigenvalue weighted by atomic mass is 16.5. The zero-order chi connectivity index (χ0) is 14.3. The number of aromatic nitrogens is 1. The number of hydrogen-bond donors (Lipinski definition) is 1. The molecular formula is C13H15N3O4. The number of fused-ring (bicyclic) bond motifs is 2. The zero-order valence-corrected chi connectivity index (χ0v) is 11.1. The quantitative estimate of drug-likeness (QED) is 0.746. The lowest BCUT2D eigenvalue weighted by molar-refractivity contribution is -0.132. The van der Waals surface area contributed by atoms with Gasteiger partial charge in [-0.25, -0.2) is 0 Å². The predicted molar refractivity (Wildman–Crippen MR) is 70.0 cm³/mol. The normalized spacial score (nSPS) is 20.8. The molecule has 1 N–H and O–H groups in total. The Hall–Kier alpha value is -2.31. The third kappa shape index (κ3) is 1.95. The highest BCUT2D eigenvalue weighted by Crippen LogP contribution is 2.26. The standard InChI is InChI=1S/C13H15N3O4/c1-8(17)20-12-9(18)5-7-16-11(12)13(19)15-6-3-2-4-10(15)14-16/h5,7,10,14H,2-4,6H2,1H3/t10-/m0/s1. The fourth-order valence-corrected chi connectivity index (χ4v) is 2.67. The molecule has 0 bridgehead atoms. The van der Waals surface area contributed by atoms with Gasteiger partial charge in [0.1, 0.15) is 6.17 Å². The van der Waals surface area contributed by atoms with Crippen molar-refractivity contribution in [1.82, 2.24) is 9.58 Å². The molecule has 1 atom stereocenters. The lowest BCUT2D eigenvalue weighted by Gasteiger charge is -2.41. The summed E-state index contributed by atoms with van der Waals surface area (Å²) in [4.78, 5) is 37.2. The highest BCUT2D eigenvalue weighted by molar-refractivity contribution is 5.97. The van der Waals surface area contributed by atoms with Gasteiger partial charge in [-0.15, -0.1) is 0 Å². The summed E-state index contributed by atoms with van der Waals surface area (Å²) >= 11 is 0. The predicted octanol–water partition coefficient (Wildman–Crippen LogP) is 0.283. The second kappa shape index (κ2) is 4.66. The van der Waals surface area contributed by atoms with E-state index in [1.165, 1.54) is 23.9 Å². The molecule has 0 unspecified atom stereocenters. The fraction of sp³-hybridized carbons (Fsp3) is 0.462. The smallest absolute Gasteiger partial charge is 0.308 e. The van der Waals surface area contributed by atoms with E-state index in [2.05, 4.69) is 5.43 Å². The van der Waals surface area contributed by atoms with Gasteiger partial charge < -0.3 is 15.1 Å². The molecule has 3 heterocycles. The Balaban J connectivity index is 2.10. The Morgan fingerprint density at radius 3 is 2.95 bits per heavy atom. The van der Waals surface area contributed by atoms with Gasteiger partial charge in [0.25, 0.3) is 5.91 Å². The first-order chi connectivity index (χ1) is 9.58. The van der Waals surface area contributed by atoms with Gasteiger partial charge in [0.05, 0.1) is 0 Å². The first-order valence-corrected chi connectivity index (χ1v) is 6.59. The maximum Gasteiger partial charge on any atom is 0.308 e. The SMILES string of the molecule is CC(=O)Oc1c2n(ccc1=O)N[C@@H]1CCCCN1C2=O. The van der Waals surface area contributed by atoms with Gasteiger partial charge in [0.2, 0.25) is 11.2 Å². The Morgan fingerprint density at radius 2 is 2.20 bits per heavy atom. The van der Waals surface area contributed by atoms with Gasteiger partial charge in [0.15, 0.2) is 5.69 Å². The second-order valence-electron chi connectivity index (χ2n) is 4.96. The topological polar surface area (TPSA) is 80.6 Å². The summed E-state index contributed by atoms with van der Waals surface area (Å²) in [5.74, 6) is -1.10. The van der Waals surface area contributed by atoms with Crippen LogP contribution in [0.5, 0.6) is 5.75 Å². The number of rotatable bonds is 1. The van der Waals surface area contributed by atoms with E-state index >= 15 is 0 Å². The van der Waals surface area contributed by atoms with E-state index in [1.807, 2.05) is 0 Å². The van der Waals surface area contributed by atoms with Gasteiger partial charge in [-0.3, -0.25) is 19.1 Å². The van der Waals surface area contributed by atoms with Crippen molar-refractivity contribution in [3.8, 4) is 5.75 Å². The molecule has 0 aromatic carbocycles. The summed E-state index contributed by atoms with van der Waals surface area (Å²) in [6.07, 6.45) is 4.27. The molecule has 20 heavy (non-hydrogen) atoms. The van der Waals surface area contributed by atoms with Gasteiger partial charge in [-0.05, 0) is 19.3 Å². The zero-order valence-electron chi connectivity index (χ0n) is 11.1. The molecule has 1 saturated heterocycles. The van der Waals surface area contributed by atoms with Crippen molar-refractivity contribution in [3.05, 3.63) is 28.2 Å². The van der Waals surface area contributed by atoms with Crippen molar-refractivity contribution in [1.29, 1.82) is 0 Å². The van der Waals surface area contributed by atoms with Crippen molar-refractivity contribution in [3.63, 3.8) is 0 Å². The maximum absolute atomic E-state index is 12.5. The summed E-state index contributed by atoms with van der Waals surface area (Å²) in [5, 5.41) is 0. The van der Waals surface area contributed by atoms with Crippen molar-refractivity contribution in [2.24, 2.45) is 0 Å². The van der Waals surface area contributed by atoms with Gasteiger partial charge in [-0.1, -0.05) is 0 Å². The summed E-state index contributed by atoms with van der Waals surface area (Å²) in [7, 11) is 0. The van der Waals surface area contributed by atoms with Crippen LogP contribution in [0.1, 0.15) is 36.7 Å². The Morgan fingerprint density at radius 1 is 1.40 bits per heavy atom. The van der Waals surface area contributed by atoms with Crippen LogP contribution in [0.3, 0.4) is 0 Å². The van der Waals surface area contributed by atoms with Crippen LogP contribution < -0.4 is 15.6 Å². The molecule has 0 radical (unpaired) electrons. The largest absolute Gasteiger partial charge is 0.420 e. The van der Waals surface area contributed by atoms with Crippen molar-refractivity contribution in [2.75, 3.05) is 12.0 Å². The van der Waals surface area contributed by atoms with E-state index in [-0.39, 0.29) is 23.5 Å². The summed E-state index contributed by atoms with van der Waals surface area (Å²) in [6, 6.07) is 1.28. The van der Waals surface area contributed by atoms with Crippen LogP contribution in [0, 0.1) is 0 Å². The molecular weight excluding hydrogens is 262 g/mol. The molecule has 2 aliphatic heterocycles. The third-order valence-electron chi connectivity index (χ3n) is 3.55. The number of nitrogens with zero attached hydrogens (tertiary/aromatic N) is 2. The van der Waals surface area contributed by atoms with Crippen molar-refractivity contribution < 1.29 is 14.3 Å². The van der Waals surface area contributed by atoms with Crippen LogP contribution in [-0.4, -0.2) is 34.2 Å². The van der Waals surface area contributed by atoms with E-state index in [0.29, 0.717) is 6.54 Å². The van der Waals surface area contributed by atoms with Crippen LogP contribution in [0.25, 0.3) is 0 Å². The number of carbonyl (C=O) groups is 2. The third-order valence-corrected chi connectivity index (χ3v) is 3.55. The van der Waals surface area contributed by atoms with Crippen LogP contribution in [-0.2, 0) is 4.79 Å². The summed E-state index contributed by atoms with van der Waals surface area (Å²) in [5.41, 5.74) is 2.78. The van der Waals surface area contributed by atoms with Gasteiger partial charge in [-0.2, -0.15) is 0 Å². The van der Waals surface area contributed by atoms with Gasteiger partial charge in [0, 0.05) is 25.7 Å². The molecule has 2 aliphatic rings. The molecule has 1 amide bonds. The molecule has 1 aromatic rings. The average Bonchev–Trinajstić information content (AvgIpc) is 2.42. The van der Waals surface area contributed by atoms with Crippen LogP contribution in [0.4, 0.5) is 0 Å². The van der Waals surface area contributed by atoms with E-state index < -0.39 is 11.4 Å². The number of hydrogen-bond acceptors (Lipinski definition) is 5. The first kappa shape index (κ1) is 12.7. The molecule has 1 fully saturated rings. The van der Waals surface area contributed by atoms with E-state index in [1.54, 1.807) is 4.90 Å². The number of piperidine rings is 1. The van der Waals surface area contributed by atoms with Crippen LogP contribution in [0.2, 0.25) is 0 Å². The number of ether oxygens (including phenoxy) is 1. The van der Waals surface area contributed by atoms with Gasteiger partial charge >= 0.3 is 5.97 Å². The molecule has 0 saturated carbocycles. The molecule has 0 aliphatic carbocycles. The fourth-order valence-electron chi connectivity index (χ4n) is 2.67. The second-order valence-corrected chi connectivity index (χ2v) is 4.96. The molecule has 7 nitrogen and oxygen atoms in total. The first-order valence-electron chi connectivity index (χ1n) is 6.59. The van der Waals surface area contributed by atoms with Crippen molar-refractivity contribution >= 4 is 11.9 Å². The Bertz CT molecular complexity index is 637. The monoisotopic (exact) mass is 277 g/mol. The molecule has 0 spiro atoms. The maximum atomic E-state index is 12.5. The minimum Gasteiger partial charge on any atom is -0.420 e. The lowest BCUT2D eigenvalue weighted by atomic mass is 10.1. The van der Waals surface area contributed by atoms with Crippen molar-refractivity contribution in [2.45, 2.75) is 32.4 Å². The molecule has 3 rings (SSSR count). The summed E-state index contributed by atoms with van der Waals surface area (Å²) in [6.45, 7) is 1.84. The average molecular weight is 277 g/mol. The molecule has 1 aromatic heterocycles. The Labute approximate surface area is 115 Å². The summed E-state index contributed by atoms with van der Waals surface area (Å²) < 4.78 is 6.41. The lowest BCUT2D eigenvalue weighted by Crippen LogP contribution is -2.56. The van der Waals surface area contributed by atoms with E-state index in [9.17, 15) is 14.4 Å². The number of carbonyl (C=O) groups excluding carboxylic acids is 2. The minimum absolute atomic E-state index is 0.0727. The number of amides is 1. The Kier molecular flexibility index (Phi) is 2.96. The van der Waals surface area contributed by atoms with Crippen LogP contribution >= 0.6 is 0 Å². The highest BCUT2D eigenvalue weighted by Gasteiger charge is 2.36. The van der Waals surface area contributed by atoms with E-state index in [0.717, 1.165) is 19.3 Å². The number of esters is 1.